The van der Waals surface area contributed by atoms with Gasteiger partial charge < -0.3 is 5.32 Å². The Hall–Kier alpha value is -2.56. The van der Waals surface area contributed by atoms with Crippen molar-refractivity contribution in [1.29, 1.82) is 0 Å². The van der Waals surface area contributed by atoms with Gasteiger partial charge in [-0.3, -0.25) is 9.59 Å². The number of piperidine rings is 1. The molecular formula is C22H25BrN4O4S. The summed E-state index contributed by atoms with van der Waals surface area (Å²) in [5.41, 5.74) is 4.61. The molecule has 1 fully saturated rings. The van der Waals surface area contributed by atoms with Crippen LogP contribution >= 0.6 is 15.9 Å². The minimum atomic E-state index is -3.58. The highest BCUT2D eigenvalue weighted by Gasteiger charge is 2.32. The van der Waals surface area contributed by atoms with E-state index in [0.717, 1.165) is 10.0 Å². The summed E-state index contributed by atoms with van der Waals surface area (Å²) in [6.45, 7) is 3.75. The van der Waals surface area contributed by atoms with Crippen LogP contribution in [0.2, 0.25) is 0 Å². The Morgan fingerprint density at radius 2 is 1.72 bits per heavy atom. The quantitative estimate of drug-likeness (QED) is 0.449. The molecule has 0 aromatic heterocycles. The zero-order valence-electron chi connectivity index (χ0n) is 17.8. The predicted octanol–water partition coefficient (Wildman–Crippen LogP) is 3.35. The summed E-state index contributed by atoms with van der Waals surface area (Å²) in [4.78, 5) is 24.0. The topological polar surface area (TPSA) is 108 Å². The zero-order chi connectivity index (χ0) is 23.3. The van der Waals surface area contributed by atoms with Gasteiger partial charge in [0.25, 0.3) is 0 Å². The lowest BCUT2D eigenvalue weighted by Crippen LogP contribution is -2.42. The number of sulfonamides is 1. The van der Waals surface area contributed by atoms with Crippen molar-refractivity contribution in [3.63, 3.8) is 0 Å². The van der Waals surface area contributed by atoms with Gasteiger partial charge in [0.1, 0.15) is 0 Å². The van der Waals surface area contributed by atoms with Crippen molar-refractivity contribution in [2.45, 2.75) is 31.6 Å². The third-order valence-electron chi connectivity index (χ3n) is 5.21. The molecular weight excluding hydrogens is 496 g/mol. The lowest BCUT2D eigenvalue weighted by molar-refractivity contribution is -0.126. The van der Waals surface area contributed by atoms with Gasteiger partial charge >= 0.3 is 0 Å². The summed E-state index contributed by atoms with van der Waals surface area (Å²) >= 11 is 3.30. The number of nitrogens with one attached hydrogen (secondary N) is 2. The van der Waals surface area contributed by atoms with Crippen LogP contribution in [0.5, 0.6) is 0 Å². The summed E-state index contributed by atoms with van der Waals surface area (Å²) in [6, 6.07) is 13.7. The van der Waals surface area contributed by atoms with Gasteiger partial charge in [-0.25, -0.2) is 13.8 Å². The minimum absolute atomic E-state index is 0.168. The first-order chi connectivity index (χ1) is 15.2. The summed E-state index contributed by atoms with van der Waals surface area (Å²) in [5.74, 6) is -0.713. The molecule has 1 aliphatic heterocycles. The van der Waals surface area contributed by atoms with E-state index in [0.29, 0.717) is 24.2 Å². The monoisotopic (exact) mass is 520 g/mol. The first-order valence-electron chi connectivity index (χ1n) is 10.1. The second kappa shape index (κ2) is 10.4. The van der Waals surface area contributed by atoms with Crippen molar-refractivity contribution in [2.75, 3.05) is 18.4 Å². The van der Waals surface area contributed by atoms with Crippen molar-refractivity contribution in [1.82, 2.24) is 9.73 Å². The van der Waals surface area contributed by atoms with Crippen LogP contribution in [0.15, 0.2) is 63.0 Å². The molecule has 32 heavy (non-hydrogen) atoms. The fraction of sp³-hybridized carbons (Fsp3) is 0.318. The number of anilines is 1. The Kier molecular flexibility index (Phi) is 7.81. The van der Waals surface area contributed by atoms with E-state index < -0.39 is 10.0 Å². The molecule has 3 rings (SSSR count). The highest BCUT2D eigenvalue weighted by atomic mass is 79.9. The molecule has 0 unspecified atom stereocenters. The largest absolute Gasteiger partial charge is 0.326 e. The highest BCUT2D eigenvalue weighted by Crippen LogP contribution is 2.25. The molecule has 8 nitrogen and oxygen atoms in total. The molecule has 2 amide bonds. The van der Waals surface area contributed by atoms with Gasteiger partial charge in [-0.05, 0) is 61.7 Å². The number of carbonyl (C=O) groups is 2. The number of halogens is 1. The molecule has 0 radical (unpaired) electrons. The number of benzene rings is 2. The number of carbonyl (C=O) groups excluding carboxylic acids is 2. The van der Waals surface area contributed by atoms with Crippen LogP contribution in [0.3, 0.4) is 0 Å². The lowest BCUT2D eigenvalue weighted by atomic mass is 9.98. The number of hydrogen-bond donors (Lipinski definition) is 2. The van der Waals surface area contributed by atoms with Crippen molar-refractivity contribution < 1.29 is 18.0 Å². The molecule has 1 aliphatic rings. The second-order valence-corrected chi connectivity index (χ2v) is 10.4. The maximum Gasteiger partial charge on any atom is 0.243 e. The smallest absolute Gasteiger partial charge is 0.243 e. The van der Waals surface area contributed by atoms with Gasteiger partial charge in [0.2, 0.25) is 21.8 Å². The minimum Gasteiger partial charge on any atom is -0.326 e. The van der Waals surface area contributed by atoms with Gasteiger partial charge in [0, 0.05) is 36.1 Å². The molecule has 2 aromatic carbocycles. The maximum atomic E-state index is 12.8. The van der Waals surface area contributed by atoms with Gasteiger partial charge in [0.05, 0.1) is 10.6 Å². The molecule has 2 aromatic rings. The van der Waals surface area contributed by atoms with Gasteiger partial charge in [-0.1, -0.05) is 28.1 Å². The molecule has 170 valence electrons. The zero-order valence-corrected chi connectivity index (χ0v) is 20.2. The molecule has 10 heteroatoms. The summed E-state index contributed by atoms with van der Waals surface area (Å²) in [6.07, 6.45) is 0.850. The van der Waals surface area contributed by atoms with Crippen LogP contribution in [-0.2, 0) is 19.6 Å². The van der Waals surface area contributed by atoms with E-state index in [-0.39, 0.29) is 35.7 Å². The average molecular weight is 521 g/mol. The summed E-state index contributed by atoms with van der Waals surface area (Å²) in [7, 11) is -3.58. The molecule has 0 spiro atoms. The highest BCUT2D eigenvalue weighted by molar-refractivity contribution is 9.10. The van der Waals surface area contributed by atoms with Crippen LogP contribution in [0, 0.1) is 5.92 Å². The van der Waals surface area contributed by atoms with Crippen LogP contribution < -0.4 is 10.7 Å². The Labute approximate surface area is 196 Å². The summed E-state index contributed by atoms with van der Waals surface area (Å²) in [5, 5.41) is 6.89. The van der Waals surface area contributed by atoms with Gasteiger partial charge in [-0.2, -0.15) is 9.41 Å². The van der Waals surface area contributed by atoms with E-state index in [1.165, 1.54) is 11.2 Å². The van der Waals surface area contributed by atoms with Gasteiger partial charge in [0.15, 0.2) is 0 Å². The second-order valence-electron chi connectivity index (χ2n) is 7.57. The SMILES string of the molecule is CC(=O)Nc1cccc(C(C)=NNC(=O)C2CCN(S(=O)(=O)c3ccc(Br)cc3)CC2)c1. The number of rotatable bonds is 6. The van der Waals surface area contributed by atoms with Crippen molar-refractivity contribution in [2.24, 2.45) is 11.0 Å². The Bertz CT molecular complexity index is 1120. The van der Waals surface area contributed by atoms with E-state index in [2.05, 4.69) is 31.8 Å². The number of hydrogen-bond acceptors (Lipinski definition) is 5. The van der Waals surface area contributed by atoms with Crippen LogP contribution in [0.1, 0.15) is 32.3 Å². The molecule has 0 saturated carbocycles. The first-order valence-corrected chi connectivity index (χ1v) is 12.4. The average Bonchev–Trinajstić information content (AvgIpc) is 2.77. The molecule has 0 aliphatic carbocycles. The maximum absolute atomic E-state index is 12.8. The van der Waals surface area contributed by atoms with Crippen molar-refractivity contribution in [3.05, 3.63) is 58.6 Å². The van der Waals surface area contributed by atoms with Gasteiger partial charge in [-0.15, -0.1) is 0 Å². The molecule has 2 N–H and O–H groups in total. The fourth-order valence-electron chi connectivity index (χ4n) is 3.43. The normalized spacial score (nSPS) is 15.9. The van der Waals surface area contributed by atoms with Crippen molar-refractivity contribution >= 4 is 49.2 Å². The van der Waals surface area contributed by atoms with E-state index in [1.807, 2.05) is 6.07 Å². The van der Waals surface area contributed by atoms with E-state index >= 15 is 0 Å². The van der Waals surface area contributed by atoms with E-state index in [9.17, 15) is 18.0 Å². The first kappa shape index (κ1) is 24.1. The molecule has 0 atom stereocenters. The van der Waals surface area contributed by atoms with Crippen LogP contribution in [-0.4, -0.2) is 43.3 Å². The fourth-order valence-corrected chi connectivity index (χ4v) is 5.17. The summed E-state index contributed by atoms with van der Waals surface area (Å²) < 4.78 is 27.8. The third-order valence-corrected chi connectivity index (χ3v) is 7.65. The molecule has 1 heterocycles. The standard InChI is InChI=1S/C22H25BrN4O4S/c1-15(18-4-3-5-20(14-18)24-16(2)28)25-26-22(29)17-10-12-27(13-11-17)32(30,31)21-8-6-19(23)7-9-21/h3-9,14,17H,10-13H2,1-2H3,(H,24,28)(H,26,29). The Morgan fingerprint density at radius 3 is 2.34 bits per heavy atom. The van der Waals surface area contributed by atoms with Crippen molar-refractivity contribution in [3.8, 4) is 0 Å². The van der Waals surface area contributed by atoms with E-state index in [1.54, 1.807) is 49.4 Å². The lowest BCUT2D eigenvalue weighted by Gasteiger charge is -2.30. The Balaban J connectivity index is 1.57. The number of nitrogens with zero attached hydrogens (tertiary/aromatic N) is 2. The molecule has 1 saturated heterocycles. The third kappa shape index (κ3) is 6.02. The Morgan fingerprint density at radius 1 is 1.06 bits per heavy atom. The predicted molar refractivity (Wildman–Crippen MR) is 127 cm³/mol. The number of amides is 2. The molecule has 0 bridgehead atoms. The van der Waals surface area contributed by atoms with E-state index in [4.69, 9.17) is 0 Å². The number of hydrazone groups is 1. The van der Waals surface area contributed by atoms with Crippen LogP contribution in [0.25, 0.3) is 0 Å². The van der Waals surface area contributed by atoms with Crippen LogP contribution in [0.4, 0.5) is 5.69 Å².